The van der Waals surface area contributed by atoms with Crippen molar-refractivity contribution in [3.8, 4) is 5.75 Å². The van der Waals surface area contributed by atoms with Crippen molar-refractivity contribution < 1.29 is 37.6 Å². The zero-order chi connectivity index (χ0) is 23.7. The minimum atomic E-state index is -4.02. The molecule has 0 aromatic heterocycles. The minimum Gasteiger partial charge on any atom is -0.508 e. The molecule has 2 aromatic rings. The minimum absolute atomic E-state index is 0.00442. The predicted octanol–water partition coefficient (Wildman–Crippen LogP) is 2.70. The van der Waals surface area contributed by atoms with Crippen LogP contribution in [0.4, 0.5) is 11.4 Å². The van der Waals surface area contributed by atoms with Crippen molar-refractivity contribution in [3.05, 3.63) is 66.2 Å². The molecular weight excluding hydrogens is 442 g/mol. The van der Waals surface area contributed by atoms with Crippen LogP contribution in [0.15, 0.2) is 70.9 Å². The lowest BCUT2D eigenvalue weighted by Crippen LogP contribution is -2.31. The van der Waals surface area contributed by atoms with Gasteiger partial charge in [0.2, 0.25) is 0 Å². The van der Waals surface area contributed by atoms with E-state index >= 15 is 0 Å². The number of hydrogen-bond acceptors (Lipinski definition) is 8. The Morgan fingerprint density at radius 2 is 1.34 bits per heavy atom. The number of carboxylic acid groups (broad SMARTS) is 1. The Morgan fingerprint density at radius 1 is 0.875 bits per heavy atom. The molecule has 3 N–H and O–H groups in total. The van der Waals surface area contributed by atoms with Crippen molar-refractivity contribution in [3.63, 3.8) is 0 Å². The first kappa shape index (κ1) is 24.4. The number of rotatable bonds is 7. The molecule has 2 amide bonds. The molecule has 1 aliphatic rings. The molecule has 0 spiro atoms. The summed E-state index contributed by atoms with van der Waals surface area (Å²) < 4.78 is 29.0. The number of hydrogen-bond donors (Lipinski definition) is 3. The third-order valence-electron chi connectivity index (χ3n) is 3.93. The molecule has 32 heavy (non-hydrogen) atoms. The zero-order valence-electron chi connectivity index (χ0n) is 16.5. The quantitative estimate of drug-likeness (QED) is 0.320. The molecular formula is C20H19N3O8S. The molecule has 0 atom stereocenters. The van der Waals surface area contributed by atoms with E-state index in [1.165, 1.54) is 24.3 Å². The SMILES string of the molecule is O=C(O)c1ccc(N=Nc2ccc(O)cc2)cc1.O=C1C=CC(=O)N1CCCS(=O)(=O)O. The van der Waals surface area contributed by atoms with Crippen LogP contribution >= 0.6 is 0 Å². The second-order valence-electron chi connectivity index (χ2n) is 6.37. The van der Waals surface area contributed by atoms with Crippen LogP contribution in [-0.4, -0.2) is 58.2 Å². The Morgan fingerprint density at radius 3 is 1.78 bits per heavy atom. The second kappa shape index (κ2) is 10.9. The van der Waals surface area contributed by atoms with E-state index in [0.29, 0.717) is 11.4 Å². The first-order valence-corrected chi connectivity index (χ1v) is 10.7. The van der Waals surface area contributed by atoms with Gasteiger partial charge in [-0.05, 0) is 55.0 Å². The van der Waals surface area contributed by atoms with Crippen molar-refractivity contribution in [1.82, 2.24) is 4.90 Å². The number of carbonyl (C=O) groups excluding carboxylic acids is 2. The molecule has 2 aromatic carbocycles. The van der Waals surface area contributed by atoms with Gasteiger partial charge in [-0.1, -0.05) is 0 Å². The maximum Gasteiger partial charge on any atom is 0.335 e. The van der Waals surface area contributed by atoms with Gasteiger partial charge in [-0.3, -0.25) is 19.0 Å². The molecule has 12 heteroatoms. The molecule has 0 saturated carbocycles. The van der Waals surface area contributed by atoms with Crippen LogP contribution in [0.5, 0.6) is 5.75 Å². The van der Waals surface area contributed by atoms with Crippen LogP contribution in [0, 0.1) is 0 Å². The summed E-state index contributed by atoms with van der Waals surface area (Å²) in [6.07, 6.45) is 2.28. The van der Waals surface area contributed by atoms with Gasteiger partial charge in [0.15, 0.2) is 0 Å². The molecule has 1 aliphatic heterocycles. The summed E-state index contributed by atoms with van der Waals surface area (Å²) in [6.45, 7) is 0.00442. The van der Waals surface area contributed by atoms with E-state index in [1.807, 2.05) is 0 Å². The van der Waals surface area contributed by atoms with E-state index < -0.39 is 33.7 Å². The van der Waals surface area contributed by atoms with Crippen molar-refractivity contribution >= 4 is 39.3 Å². The summed E-state index contributed by atoms with van der Waals surface area (Å²) in [5.74, 6) is -2.17. The molecule has 0 saturated heterocycles. The average Bonchev–Trinajstić information content (AvgIpc) is 3.05. The van der Waals surface area contributed by atoms with Crippen LogP contribution in [0.3, 0.4) is 0 Å². The third kappa shape index (κ3) is 8.08. The van der Waals surface area contributed by atoms with Gasteiger partial charge in [0.1, 0.15) is 5.75 Å². The van der Waals surface area contributed by atoms with E-state index in [9.17, 15) is 22.8 Å². The fourth-order valence-electron chi connectivity index (χ4n) is 2.36. The van der Waals surface area contributed by atoms with E-state index in [-0.39, 0.29) is 24.3 Å². The van der Waals surface area contributed by atoms with Crippen molar-refractivity contribution in [2.24, 2.45) is 10.2 Å². The topological polar surface area (TPSA) is 174 Å². The molecule has 0 fully saturated rings. The smallest absolute Gasteiger partial charge is 0.335 e. The number of aromatic hydroxyl groups is 1. The van der Waals surface area contributed by atoms with Gasteiger partial charge in [-0.2, -0.15) is 18.6 Å². The van der Waals surface area contributed by atoms with Crippen molar-refractivity contribution in [1.29, 1.82) is 0 Å². The molecule has 11 nitrogen and oxygen atoms in total. The number of nitrogens with zero attached hydrogens (tertiary/aromatic N) is 3. The normalized spacial score (nSPS) is 13.3. The highest BCUT2D eigenvalue weighted by molar-refractivity contribution is 7.85. The summed E-state index contributed by atoms with van der Waals surface area (Å²) in [6, 6.07) is 12.4. The van der Waals surface area contributed by atoms with Gasteiger partial charge in [-0.15, -0.1) is 0 Å². The predicted molar refractivity (Wildman–Crippen MR) is 113 cm³/mol. The highest BCUT2D eigenvalue weighted by atomic mass is 32.2. The Balaban J connectivity index is 0.000000235. The fourth-order valence-corrected chi connectivity index (χ4v) is 2.86. The van der Waals surface area contributed by atoms with E-state index in [4.69, 9.17) is 14.8 Å². The van der Waals surface area contributed by atoms with E-state index in [1.54, 1.807) is 24.3 Å². The lowest BCUT2D eigenvalue weighted by atomic mass is 10.2. The van der Waals surface area contributed by atoms with Gasteiger partial charge in [0, 0.05) is 18.7 Å². The summed E-state index contributed by atoms with van der Waals surface area (Å²) in [4.78, 5) is 33.5. The number of carboxylic acids is 1. The third-order valence-corrected chi connectivity index (χ3v) is 4.73. The number of phenols is 1. The van der Waals surface area contributed by atoms with E-state index in [2.05, 4.69) is 10.2 Å². The molecule has 1 heterocycles. The highest BCUT2D eigenvalue weighted by Crippen LogP contribution is 2.20. The number of azo groups is 1. The van der Waals surface area contributed by atoms with Crippen molar-refractivity contribution in [2.75, 3.05) is 12.3 Å². The van der Waals surface area contributed by atoms with Crippen LogP contribution in [0.1, 0.15) is 16.8 Å². The van der Waals surface area contributed by atoms with Crippen LogP contribution in [-0.2, 0) is 19.7 Å². The molecule has 0 unspecified atom stereocenters. The average molecular weight is 461 g/mol. The lowest BCUT2D eigenvalue weighted by molar-refractivity contribution is -0.136. The van der Waals surface area contributed by atoms with E-state index in [0.717, 1.165) is 17.1 Å². The molecule has 168 valence electrons. The van der Waals surface area contributed by atoms with Crippen LogP contribution in [0.25, 0.3) is 0 Å². The Labute approximate surface area is 183 Å². The molecule has 0 radical (unpaired) electrons. The number of aromatic carboxylic acids is 1. The Hall–Kier alpha value is -3.90. The summed E-state index contributed by atoms with van der Waals surface area (Å²) in [5.41, 5.74) is 1.38. The van der Waals surface area contributed by atoms with Gasteiger partial charge < -0.3 is 10.2 Å². The monoisotopic (exact) mass is 461 g/mol. The number of phenolic OH excluding ortho intramolecular Hbond substituents is 1. The fraction of sp³-hybridized carbons (Fsp3) is 0.150. The number of benzene rings is 2. The van der Waals surface area contributed by atoms with Gasteiger partial charge >= 0.3 is 5.97 Å². The Bertz CT molecular complexity index is 1120. The summed E-state index contributed by atoms with van der Waals surface area (Å²) >= 11 is 0. The van der Waals surface area contributed by atoms with Crippen molar-refractivity contribution in [2.45, 2.75) is 6.42 Å². The summed E-state index contributed by atoms with van der Waals surface area (Å²) in [7, 11) is -4.02. The number of imide groups is 1. The maximum absolute atomic E-state index is 10.9. The van der Waals surface area contributed by atoms with Gasteiger partial charge in [-0.25, -0.2) is 4.79 Å². The largest absolute Gasteiger partial charge is 0.508 e. The summed E-state index contributed by atoms with van der Waals surface area (Å²) in [5, 5.41) is 25.7. The standard InChI is InChI=1S/C13H10N2O3.C7H9NO5S/c16-12-7-5-11(6-8-12)15-14-10-3-1-9(2-4-10)13(17)18;9-6-2-3-7(10)8(6)4-1-5-14(11,12)13/h1-8,16H,(H,17,18);2-3H,1,4-5H2,(H,11,12,13). The van der Waals surface area contributed by atoms with Gasteiger partial charge in [0.05, 0.1) is 22.7 Å². The molecule has 0 aliphatic carbocycles. The molecule has 3 rings (SSSR count). The zero-order valence-corrected chi connectivity index (χ0v) is 17.3. The second-order valence-corrected chi connectivity index (χ2v) is 7.94. The van der Waals surface area contributed by atoms with Gasteiger partial charge in [0.25, 0.3) is 21.9 Å². The Kier molecular flexibility index (Phi) is 8.32. The lowest BCUT2D eigenvalue weighted by Gasteiger charge is -2.12. The van der Waals surface area contributed by atoms with Crippen LogP contribution < -0.4 is 0 Å². The number of carbonyl (C=O) groups is 3. The van der Waals surface area contributed by atoms with Crippen LogP contribution in [0.2, 0.25) is 0 Å². The number of amides is 2. The first-order valence-electron chi connectivity index (χ1n) is 9.08. The maximum atomic E-state index is 10.9. The highest BCUT2D eigenvalue weighted by Gasteiger charge is 2.22. The first-order chi connectivity index (χ1) is 15.0. The molecule has 0 bridgehead atoms.